The van der Waals surface area contributed by atoms with Crippen molar-refractivity contribution in [3.05, 3.63) is 41.3 Å². The maximum atomic E-state index is 12.2. The molecule has 20 heavy (non-hydrogen) atoms. The van der Waals surface area contributed by atoms with Gasteiger partial charge in [-0.3, -0.25) is 0 Å². The van der Waals surface area contributed by atoms with Crippen molar-refractivity contribution in [2.24, 2.45) is 5.92 Å². The molecule has 1 fully saturated rings. The van der Waals surface area contributed by atoms with Crippen LogP contribution in [0.2, 0.25) is 0 Å². The van der Waals surface area contributed by atoms with Crippen LogP contribution in [-0.4, -0.2) is 18.9 Å². The van der Waals surface area contributed by atoms with Gasteiger partial charge in [0, 0.05) is 38.5 Å². The molecule has 1 aliphatic carbocycles. The van der Waals surface area contributed by atoms with Gasteiger partial charge in [0.1, 0.15) is 0 Å². The molecule has 1 aliphatic heterocycles. The Morgan fingerprint density at radius 1 is 1.20 bits per heavy atom. The number of carbonyl (C=O) groups excluding carboxylic acids is 1. The normalized spacial score (nSPS) is 17.9. The van der Waals surface area contributed by atoms with Gasteiger partial charge in [-0.25, -0.2) is 0 Å². The minimum absolute atomic E-state index is 0. The fourth-order valence-corrected chi connectivity index (χ4v) is 3.00. The van der Waals surface area contributed by atoms with Crippen molar-refractivity contribution >= 4 is 5.78 Å². The minimum Gasteiger partial charge on any atom is -0.331 e. The van der Waals surface area contributed by atoms with Crippen LogP contribution in [0.5, 0.6) is 0 Å². The molecule has 0 amide bonds. The molecule has 1 aromatic rings. The van der Waals surface area contributed by atoms with E-state index in [1.807, 2.05) is 32.0 Å². The zero-order valence-electron chi connectivity index (χ0n) is 12.6. The Labute approximate surface area is 148 Å². The van der Waals surface area contributed by atoms with Gasteiger partial charge >= 0.3 is 0 Å². The third kappa shape index (κ3) is 4.16. The summed E-state index contributed by atoms with van der Waals surface area (Å²) in [5, 5.41) is 3.37. The van der Waals surface area contributed by atoms with Crippen molar-refractivity contribution in [1.29, 1.82) is 0 Å². The van der Waals surface area contributed by atoms with Crippen LogP contribution in [-0.2, 0) is 39.1 Å². The van der Waals surface area contributed by atoms with E-state index in [2.05, 4.69) is 11.4 Å². The summed E-state index contributed by atoms with van der Waals surface area (Å²) in [4.78, 5) is 12.2. The van der Waals surface area contributed by atoms with Gasteiger partial charge in [0.2, 0.25) is 0 Å². The van der Waals surface area contributed by atoms with Crippen LogP contribution in [0.4, 0.5) is 0 Å². The van der Waals surface area contributed by atoms with Crippen LogP contribution in [0, 0.1) is 11.8 Å². The van der Waals surface area contributed by atoms with E-state index in [0.717, 1.165) is 37.4 Å². The quantitative estimate of drug-likeness (QED) is 0.831. The van der Waals surface area contributed by atoms with E-state index in [1.54, 1.807) is 0 Å². The van der Waals surface area contributed by atoms with E-state index in [9.17, 15) is 4.79 Å². The molecule has 0 saturated carbocycles. The van der Waals surface area contributed by atoms with Crippen LogP contribution < -0.4 is 5.32 Å². The summed E-state index contributed by atoms with van der Waals surface area (Å²) >= 11 is 0. The van der Waals surface area contributed by atoms with Crippen LogP contribution >= 0.6 is 0 Å². The molecule has 3 rings (SSSR count). The number of hydrogen-bond acceptors (Lipinski definition) is 2. The number of rotatable bonds is 2. The molecule has 1 saturated heterocycles. The van der Waals surface area contributed by atoms with Crippen molar-refractivity contribution in [1.82, 2.24) is 5.32 Å². The van der Waals surface area contributed by atoms with Crippen molar-refractivity contribution in [3.8, 4) is 0 Å². The van der Waals surface area contributed by atoms with E-state index in [4.69, 9.17) is 0 Å². The zero-order valence-corrected chi connectivity index (χ0v) is 15.5. The molecule has 2 aliphatic rings. The standard InChI is InChI=1S/C15H18NO.C2H6.Y/c17-15-13(9-11-5-7-16-8-6-11)10-12-3-1-2-4-14(12)15;1-2;/h1-4,11,16H,5-10H2;1-2H3;/q-1;;. The van der Waals surface area contributed by atoms with Crippen molar-refractivity contribution in [2.75, 3.05) is 13.1 Å². The van der Waals surface area contributed by atoms with Crippen LogP contribution in [0.1, 0.15) is 49.0 Å². The Morgan fingerprint density at radius 3 is 2.50 bits per heavy atom. The summed E-state index contributed by atoms with van der Waals surface area (Å²) in [7, 11) is 0. The van der Waals surface area contributed by atoms with Gasteiger partial charge < -0.3 is 10.1 Å². The molecule has 3 heteroatoms. The van der Waals surface area contributed by atoms with Crippen LogP contribution in [0.25, 0.3) is 0 Å². The molecule has 0 unspecified atom stereocenters. The Kier molecular flexibility index (Phi) is 8.01. The predicted octanol–water partition coefficient (Wildman–Crippen LogP) is 3.41. The Bertz CT molecular complexity index is 427. The van der Waals surface area contributed by atoms with Gasteiger partial charge in [0.05, 0.1) is 0 Å². The average molecular weight is 347 g/mol. The van der Waals surface area contributed by atoms with Crippen molar-refractivity contribution in [2.45, 2.75) is 39.5 Å². The number of nitrogens with one attached hydrogen (secondary N) is 1. The second-order valence-corrected chi connectivity index (χ2v) is 5.16. The Morgan fingerprint density at radius 2 is 1.85 bits per heavy atom. The van der Waals surface area contributed by atoms with E-state index < -0.39 is 0 Å². The SMILES string of the molecule is CC.O=C1c2ccccc2C[C-]1CC1CCNCC1.[Y]. The third-order valence-corrected chi connectivity index (χ3v) is 3.98. The first-order chi connectivity index (χ1) is 9.34. The van der Waals surface area contributed by atoms with Gasteiger partial charge in [0.25, 0.3) is 0 Å². The fourth-order valence-electron chi connectivity index (χ4n) is 3.00. The smallest absolute Gasteiger partial charge is 0.0280 e. The first-order valence-corrected chi connectivity index (χ1v) is 7.52. The maximum absolute atomic E-state index is 12.2. The van der Waals surface area contributed by atoms with Crippen molar-refractivity contribution < 1.29 is 37.5 Å². The summed E-state index contributed by atoms with van der Waals surface area (Å²) in [6.07, 6.45) is 4.33. The molecule has 1 N–H and O–H groups in total. The molecule has 1 radical (unpaired) electrons. The van der Waals surface area contributed by atoms with Crippen LogP contribution in [0.15, 0.2) is 24.3 Å². The summed E-state index contributed by atoms with van der Waals surface area (Å²) in [5.41, 5.74) is 2.16. The molecular weight excluding hydrogens is 323 g/mol. The molecule has 1 aromatic carbocycles. The molecular formula is C17H24NOY-. The van der Waals surface area contributed by atoms with E-state index >= 15 is 0 Å². The first kappa shape index (κ1) is 17.9. The fraction of sp³-hybridized carbons (Fsp3) is 0.529. The largest absolute Gasteiger partial charge is 0.331 e. The minimum atomic E-state index is 0. The second-order valence-electron chi connectivity index (χ2n) is 5.16. The number of fused-ring (bicyclic) bond motifs is 1. The van der Waals surface area contributed by atoms with E-state index in [1.165, 1.54) is 18.4 Å². The molecule has 107 valence electrons. The molecule has 2 nitrogen and oxygen atoms in total. The predicted molar refractivity (Wildman–Crippen MR) is 79.3 cm³/mol. The maximum Gasteiger partial charge on any atom is 0.0280 e. The monoisotopic (exact) mass is 347 g/mol. The topological polar surface area (TPSA) is 29.1 Å². The summed E-state index contributed by atoms with van der Waals surface area (Å²) in [5.74, 6) is 2.15. The summed E-state index contributed by atoms with van der Waals surface area (Å²) < 4.78 is 0. The zero-order chi connectivity index (χ0) is 13.7. The second kappa shape index (κ2) is 8.97. The van der Waals surface area contributed by atoms with Gasteiger partial charge in [-0.1, -0.05) is 50.8 Å². The van der Waals surface area contributed by atoms with Gasteiger partial charge in [-0.15, -0.1) is 17.2 Å². The van der Waals surface area contributed by atoms with Crippen molar-refractivity contribution in [3.63, 3.8) is 0 Å². The third-order valence-electron chi connectivity index (χ3n) is 3.98. The number of benzene rings is 1. The molecule has 0 bridgehead atoms. The number of ketones is 1. The molecule has 0 atom stereocenters. The van der Waals surface area contributed by atoms with E-state index in [-0.39, 0.29) is 32.7 Å². The number of hydrogen-bond donors (Lipinski definition) is 1. The van der Waals surface area contributed by atoms with Gasteiger partial charge in [-0.05, 0) is 25.9 Å². The summed E-state index contributed by atoms with van der Waals surface area (Å²) in [6.45, 7) is 6.22. The van der Waals surface area contributed by atoms with Gasteiger partial charge in [0.15, 0.2) is 0 Å². The first-order valence-electron chi connectivity index (χ1n) is 7.52. The number of carbonyl (C=O) groups is 1. The Balaban J connectivity index is 0.000000639. The van der Waals surface area contributed by atoms with E-state index in [0.29, 0.717) is 11.7 Å². The average Bonchev–Trinajstić information content (AvgIpc) is 2.79. The Hall–Kier alpha value is -0.176. The molecule has 1 heterocycles. The molecule has 0 aromatic heterocycles. The number of piperidine rings is 1. The van der Waals surface area contributed by atoms with Crippen LogP contribution in [0.3, 0.4) is 0 Å². The number of Topliss-reactive ketones (excluding diaryl/α,β-unsaturated/α-hetero) is 1. The summed E-state index contributed by atoms with van der Waals surface area (Å²) in [6, 6.07) is 8.04. The van der Waals surface area contributed by atoms with Gasteiger partial charge in [-0.2, -0.15) is 5.92 Å². The molecule has 0 spiro atoms.